The number of benzene rings is 4. The monoisotopic (exact) mass is 463 g/mol. The first kappa shape index (κ1) is 22.6. The smallest absolute Gasteiger partial charge is 0.404 e. The number of nitrogens with zero attached hydrogens (tertiary/aromatic N) is 1. The fourth-order valence-electron chi connectivity index (χ4n) is 3.21. The van der Waals surface area contributed by atoms with Gasteiger partial charge >= 0.3 is 7.82 Å². The molecule has 0 aliphatic carbocycles. The first-order chi connectivity index (χ1) is 16.0. The maximum absolute atomic E-state index is 11.2. The summed E-state index contributed by atoms with van der Waals surface area (Å²) in [5, 5.41) is 1.40. The summed E-state index contributed by atoms with van der Waals surface area (Å²) >= 11 is 0. The van der Waals surface area contributed by atoms with Crippen LogP contribution in [0, 0.1) is 0 Å². The Morgan fingerprint density at radius 2 is 1.00 bits per heavy atom. The Kier molecular flexibility index (Phi) is 7.07. The average molecular weight is 463 g/mol. The molecular formula is C25H22NO6P. The lowest BCUT2D eigenvalue weighted by atomic mass is 9.99. The number of phosphoric ester groups is 1. The fourth-order valence-corrected chi connectivity index (χ4v) is 3.61. The Balaban J connectivity index is 1.74. The van der Waals surface area contributed by atoms with Gasteiger partial charge in [-0.3, -0.25) is 9.79 Å². The predicted octanol–water partition coefficient (Wildman–Crippen LogP) is 5.54. The van der Waals surface area contributed by atoms with Gasteiger partial charge in [0.25, 0.3) is 0 Å². The molecule has 0 saturated carbocycles. The van der Waals surface area contributed by atoms with Gasteiger partial charge in [-0.15, -0.1) is 0 Å². The van der Waals surface area contributed by atoms with E-state index >= 15 is 0 Å². The molecule has 7 nitrogen and oxygen atoms in total. The van der Waals surface area contributed by atoms with Gasteiger partial charge in [-0.25, -0.2) is 4.57 Å². The molecule has 0 aliphatic heterocycles. The molecule has 0 bridgehead atoms. The highest BCUT2D eigenvalue weighted by Crippen LogP contribution is 2.38. The molecule has 0 radical (unpaired) electrons. The lowest BCUT2D eigenvalue weighted by Crippen LogP contribution is -2.36. The van der Waals surface area contributed by atoms with Crippen LogP contribution in [0.25, 0.3) is 0 Å². The second kappa shape index (κ2) is 10.3. The van der Waals surface area contributed by atoms with Crippen LogP contribution in [0.3, 0.4) is 0 Å². The largest absolute Gasteiger partial charge is 0.524 e. The van der Waals surface area contributed by atoms with Gasteiger partial charge in [-0.1, -0.05) is 78.9 Å². The zero-order valence-corrected chi connectivity index (χ0v) is 18.4. The van der Waals surface area contributed by atoms with E-state index in [-0.39, 0.29) is 5.75 Å². The Labute approximate surface area is 191 Å². The third kappa shape index (κ3) is 6.44. The Bertz CT molecular complexity index is 1140. The third-order valence-electron chi connectivity index (χ3n) is 4.62. The third-order valence-corrected chi connectivity index (χ3v) is 5.07. The van der Waals surface area contributed by atoms with Crippen LogP contribution in [0.1, 0.15) is 17.2 Å². The molecule has 0 heterocycles. The molecule has 0 aliphatic rings. The lowest BCUT2D eigenvalue weighted by Gasteiger charge is -2.30. The SMILES string of the molecule is O=P(O)(O)Oc1ccc(C(c2ccccc2)N(Oc2ccccc2)Oc2ccccc2)cc1. The molecule has 2 N–H and O–H groups in total. The van der Waals surface area contributed by atoms with Crippen LogP contribution in [0.4, 0.5) is 0 Å². The molecule has 0 aromatic heterocycles. The molecule has 4 rings (SSSR count). The zero-order valence-electron chi connectivity index (χ0n) is 17.5. The van der Waals surface area contributed by atoms with Crippen molar-refractivity contribution in [2.75, 3.05) is 0 Å². The van der Waals surface area contributed by atoms with Crippen LogP contribution in [-0.2, 0) is 4.57 Å². The van der Waals surface area contributed by atoms with Crippen molar-refractivity contribution >= 4 is 7.82 Å². The standard InChI is InChI=1S/C25H22NO6P/c27-33(28,29)32-24-18-16-21(17-19-24)25(20-10-4-1-5-11-20)26(30-22-12-6-2-7-13-22)31-23-14-8-3-9-15-23/h1-19,25H,(H2,27,28,29). The van der Waals surface area contributed by atoms with Gasteiger partial charge in [0.15, 0.2) is 11.5 Å². The van der Waals surface area contributed by atoms with Crippen molar-refractivity contribution in [3.8, 4) is 17.2 Å². The molecule has 0 amide bonds. The number of para-hydroxylation sites is 2. The summed E-state index contributed by atoms with van der Waals surface area (Å²) < 4.78 is 15.9. The lowest BCUT2D eigenvalue weighted by molar-refractivity contribution is -0.277. The summed E-state index contributed by atoms with van der Waals surface area (Å²) in [6, 6.07) is 34.0. The molecule has 1 unspecified atom stereocenters. The van der Waals surface area contributed by atoms with E-state index in [1.54, 1.807) is 12.1 Å². The molecular weight excluding hydrogens is 441 g/mol. The van der Waals surface area contributed by atoms with Crippen molar-refractivity contribution < 1.29 is 28.6 Å². The minimum Gasteiger partial charge on any atom is -0.404 e. The van der Waals surface area contributed by atoms with Crippen LogP contribution in [0.5, 0.6) is 17.2 Å². The van der Waals surface area contributed by atoms with Crippen LogP contribution in [0.15, 0.2) is 115 Å². The Morgan fingerprint density at radius 3 is 1.45 bits per heavy atom. The quantitative estimate of drug-likeness (QED) is 0.249. The first-order valence-electron chi connectivity index (χ1n) is 10.1. The van der Waals surface area contributed by atoms with Gasteiger partial charge in [-0.05, 0) is 47.5 Å². The van der Waals surface area contributed by atoms with Gasteiger partial charge in [-0.2, -0.15) is 0 Å². The van der Waals surface area contributed by atoms with Gasteiger partial charge in [0.05, 0.1) is 0 Å². The average Bonchev–Trinajstić information content (AvgIpc) is 2.81. The second-order valence-electron chi connectivity index (χ2n) is 7.06. The minimum atomic E-state index is -4.66. The Morgan fingerprint density at radius 1 is 0.576 bits per heavy atom. The summed E-state index contributed by atoms with van der Waals surface area (Å²) in [6.45, 7) is 0. The summed E-state index contributed by atoms with van der Waals surface area (Å²) in [6.07, 6.45) is 0. The maximum Gasteiger partial charge on any atom is 0.524 e. The van der Waals surface area contributed by atoms with Crippen LogP contribution in [0.2, 0.25) is 0 Å². The van der Waals surface area contributed by atoms with E-state index in [2.05, 4.69) is 4.52 Å². The molecule has 4 aromatic carbocycles. The number of phosphoric acid groups is 1. The normalized spacial score (nSPS) is 12.2. The van der Waals surface area contributed by atoms with Crippen molar-refractivity contribution in [1.82, 2.24) is 5.23 Å². The molecule has 33 heavy (non-hydrogen) atoms. The summed E-state index contributed by atoms with van der Waals surface area (Å²) in [7, 11) is -4.66. The fraction of sp³-hybridized carbons (Fsp3) is 0.0400. The van der Waals surface area contributed by atoms with Crippen LogP contribution < -0.4 is 14.2 Å². The Hall–Kier alpha value is -3.61. The minimum absolute atomic E-state index is 0.0541. The predicted molar refractivity (Wildman–Crippen MR) is 123 cm³/mol. The van der Waals surface area contributed by atoms with Crippen molar-refractivity contribution in [3.63, 3.8) is 0 Å². The summed E-state index contributed by atoms with van der Waals surface area (Å²) in [4.78, 5) is 30.5. The molecule has 0 spiro atoms. The van der Waals surface area contributed by atoms with E-state index in [9.17, 15) is 4.57 Å². The summed E-state index contributed by atoms with van der Waals surface area (Å²) in [5.74, 6) is 1.21. The van der Waals surface area contributed by atoms with Crippen molar-refractivity contribution in [3.05, 3.63) is 126 Å². The van der Waals surface area contributed by atoms with Gasteiger partial charge in [0.2, 0.25) is 0 Å². The van der Waals surface area contributed by atoms with Gasteiger partial charge in [0, 0.05) is 5.23 Å². The maximum atomic E-state index is 11.2. The van der Waals surface area contributed by atoms with Crippen LogP contribution >= 0.6 is 7.82 Å². The molecule has 4 aromatic rings. The number of rotatable bonds is 9. The number of hydrogen-bond donors (Lipinski definition) is 2. The summed E-state index contributed by atoms with van der Waals surface area (Å²) in [5.41, 5.74) is 1.64. The highest BCUT2D eigenvalue weighted by Gasteiger charge is 2.28. The first-order valence-corrected chi connectivity index (χ1v) is 11.7. The molecule has 0 fully saturated rings. The number of hydroxylamine groups is 2. The molecule has 8 heteroatoms. The second-order valence-corrected chi connectivity index (χ2v) is 8.22. The number of hydrogen-bond acceptors (Lipinski definition) is 5. The zero-order chi connectivity index (χ0) is 23.1. The molecule has 1 atom stereocenters. The van der Waals surface area contributed by atoms with E-state index in [0.29, 0.717) is 11.5 Å². The molecule has 168 valence electrons. The topological polar surface area (TPSA) is 88.5 Å². The molecule has 0 saturated heterocycles. The van der Waals surface area contributed by atoms with E-state index in [1.165, 1.54) is 17.4 Å². The van der Waals surface area contributed by atoms with Crippen molar-refractivity contribution in [2.24, 2.45) is 0 Å². The van der Waals surface area contributed by atoms with E-state index in [4.69, 9.17) is 19.5 Å². The van der Waals surface area contributed by atoms with E-state index in [1.807, 2.05) is 91.0 Å². The highest BCUT2D eigenvalue weighted by atomic mass is 31.2. The van der Waals surface area contributed by atoms with Gasteiger partial charge < -0.3 is 14.2 Å². The van der Waals surface area contributed by atoms with Gasteiger partial charge in [0.1, 0.15) is 11.8 Å². The van der Waals surface area contributed by atoms with Crippen LogP contribution in [-0.4, -0.2) is 15.0 Å². The highest BCUT2D eigenvalue weighted by molar-refractivity contribution is 7.46. The van der Waals surface area contributed by atoms with Crippen molar-refractivity contribution in [1.29, 1.82) is 0 Å². The van der Waals surface area contributed by atoms with E-state index < -0.39 is 13.9 Å². The van der Waals surface area contributed by atoms with E-state index in [0.717, 1.165) is 11.1 Å². The van der Waals surface area contributed by atoms with Crippen molar-refractivity contribution in [2.45, 2.75) is 6.04 Å².